The number of rotatable bonds is 7. The van der Waals surface area contributed by atoms with Crippen molar-refractivity contribution in [1.82, 2.24) is 4.98 Å². The van der Waals surface area contributed by atoms with Gasteiger partial charge in [0.05, 0.1) is 21.6 Å². The molecule has 3 atom stereocenters. The lowest BCUT2D eigenvalue weighted by Gasteiger charge is -2.30. The van der Waals surface area contributed by atoms with Gasteiger partial charge >= 0.3 is 4.87 Å². The Morgan fingerprint density at radius 2 is 1.79 bits per heavy atom. The summed E-state index contributed by atoms with van der Waals surface area (Å²) in [6, 6.07) is 18.7. The number of hydrogen-bond acceptors (Lipinski definition) is 9. The van der Waals surface area contributed by atoms with E-state index in [2.05, 4.69) is 10.3 Å². The lowest BCUT2D eigenvalue weighted by molar-refractivity contribution is -0.384. The minimum atomic E-state index is -0.847. The molecule has 2 aliphatic rings. The number of non-ortho nitro benzene ring substituents is 1. The molecule has 0 radical (unpaired) electrons. The molecular weight excluding hydrogens is 604 g/mol. The molecule has 3 aromatic carbocycles. The first-order valence-electron chi connectivity index (χ1n) is 12.5. The maximum absolute atomic E-state index is 13.8. The molecule has 0 bridgehead atoms. The summed E-state index contributed by atoms with van der Waals surface area (Å²) in [4.78, 5) is 66.9. The Kier molecular flexibility index (Phi) is 7.31. The van der Waals surface area contributed by atoms with Gasteiger partial charge in [0.1, 0.15) is 11.0 Å². The molecule has 0 spiro atoms. The lowest BCUT2D eigenvalue weighted by atomic mass is 9.83. The van der Waals surface area contributed by atoms with Crippen molar-refractivity contribution in [2.45, 2.75) is 16.2 Å². The van der Waals surface area contributed by atoms with Crippen LogP contribution in [0.25, 0.3) is 0 Å². The van der Waals surface area contributed by atoms with Crippen LogP contribution in [0.2, 0.25) is 5.02 Å². The molecule has 6 rings (SSSR count). The zero-order valence-electron chi connectivity index (χ0n) is 21.3. The number of ether oxygens (including phenoxy) is 1. The highest BCUT2D eigenvalue weighted by atomic mass is 35.5. The number of anilines is 2. The number of nitro benzene ring substituents is 1. The highest BCUT2D eigenvalue weighted by Gasteiger charge is 2.56. The van der Waals surface area contributed by atoms with Gasteiger partial charge < -0.3 is 15.0 Å². The molecule has 0 aliphatic carbocycles. The van der Waals surface area contributed by atoms with Crippen LogP contribution in [0.3, 0.4) is 0 Å². The fourth-order valence-corrected chi connectivity index (χ4v) is 7.67. The van der Waals surface area contributed by atoms with Crippen LogP contribution in [-0.2, 0) is 14.4 Å². The van der Waals surface area contributed by atoms with E-state index < -0.39 is 39.7 Å². The molecule has 0 saturated carbocycles. The quantitative estimate of drug-likeness (QED) is 0.169. The van der Waals surface area contributed by atoms with Crippen LogP contribution in [0.1, 0.15) is 16.4 Å². The number of H-pyrrole nitrogens is 1. The summed E-state index contributed by atoms with van der Waals surface area (Å²) in [5, 5.41) is 14.0. The number of nitro groups is 1. The SMILES string of the molecule is O=C(COc1cccc(C2c3sc(=O)[nH]c3SC3C(=O)N(c4ccc([N+](=O)[O-])cc4)C(=O)C32)c1)Nc1ccc(Cl)cc1. The van der Waals surface area contributed by atoms with Crippen molar-refractivity contribution in [1.29, 1.82) is 0 Å². The Balaban J connectivity index is 1.28. The number of hydrogen-bond donors (Lipinski definition) is 2. The molecular formula is C28H19ClN4O7S2. The van der Waals surface area contributed by atoms with E-state index >= 15 is 0 Å². The zero-order valence-corrected chi connectivity index (χ0v) is 23.7. The third-order valence-corrected chi connectivity index (χ3v) is 9.51. The van der Waals surface area contributed by atoms with Crippen molar-refractivity contribution < 1.29 is 24.0 Å². The van der Waals surface area contributed by atoms with Crippen molar-refractivity contribution in [3.05, 3.63) is 108 Å². The molecule has 2 aliphatic heterocycles. The van der Waals surface area contributed by atoms with Gasteiger partial charge in [-0.2, -0.15) is 0 Å². The third kappa shape index (κ3) is 5.17. The van der Waals surface area contributed by atoms with Gasteiger partial charge in [0.15, 0.2) is 6.61 Å². The molecule has 1 saturated heterocycles. The molecule has 1 fully saturated rings. The Hall–Kier alpha value is -4.46. The van der Waals surface area contributed by atoms with E-state index in [1.807, 2.05) is 0 Å². The van der Waals surface area contributed by atoms with E-state index in [1.165, 1.54) is 24.3 Å². The summed E-state index contributed by atoms with van der Waals surface area (Å²) >= 11 is 7.98. The molecule has 1 aromatic heterocycles. The van der Waals surface area contributed by atoms with E-state index in [4.69, 9.17) is 16.3 Å². The number of amides is 3. The van der Waals surface area contributed by atoms with E-state index in [0.717, 1.165) is 28.0 Å². The van der Waals surface area contributed by atoms with Gasteiger partial charge in [-0.25, -0.2) is 4.90 Å². The van der Waals surface area contributed by atoms with Gasteiger partial charge in [-0.3, -0.25) is 29.3 Å². The fraction of sp³-hybridized carbons (Fsp3) is 0.143. The van der Waals surface area contributed by atoms with Crippen LogP contribution in [0.5, 0.6) is 5.75 Å². The van der Waals surface area contributed by atoms with Crippen molar-refractivity contribution in [3.8, 4) is 5.75 Å². The second-order valence-electron chi connectivity index (χ2n) is 9.45. The zero-order chi connectivity index (χ0) is 29.5. The Bertz CT molecular complexity index is 1790. The molecule has 212 valence electrons. The first-order chi connectivity index (χ1) is 20.2. The maximum atomic E-state index is 13.8. The Labute approximate surface area is 250 Å². The number of aromatic amines is 1. The van der Waals surface area contributed by atoms with Gasteiger partial charge in [0.2, 0.25) is 11.8 Å². The summed E-state index contributed by atoms with van der Waals surface area (Å²) in [5.74, 6) is -2.48. The van der Waals surface area contributed by atoms with Gasteiger partial charge in [-0.15, -0.1) is 0 Å². The minimum Gasteiger partial charge on any atom is -0.484 e. The smallest absolute Gasteiger partial charge is 0.305 e. The first-order valence-corrected chi connectivity index (χ1v) is 14.6. The van der Waals surface area contributed by atoms with Crippen LogP contribution in [0.15, 0.2) is 82.6 Å². The molecule has 11 nitrogen and oxygen atoms in total. The molecule has 42 heavy (non-hydrogen) atoms. The van der Waals surface area contributed by atoms with Crippen LogP contribution in [0.4, 0.5) is 17.1 Å². The van der Waals surface area contributed by atoms with Crippen molar-refractivity contribution in [3.63, 3.8) is 0 Å². The van der Waals surface area contributed by atoms with E-state index in [-0.39, 0.29) is 22.9 Å². The fourth-order valence-electron chi connectivity index (χ4n) is 5.03. The number of thiazole rings is 1. The number of fused-ring (bicyclic) bond motifs is 2. The highest BCUT2D eigenvalue weighted by Crippen LogP contribution is 2.53. The number of benzene rings is 3. The first kappa shape index (κ1) is 27.7. The van der Waals surface area contributed by atoms with E-state index in [0.29, 0.717) is 31.9 Å². The lowest BCUT2D eigenvalue weighted by Crippen LogP contribution is -2.32. The normalized spacial score (nSPS) is 19.3. The van der Waals surface area contributed by atoms with Gasteiger partial charge in [0.25, 0.3) is 11.6 Å². The molecule has 3 unspecified atom stereocenters. The predicted molar refractivity (Wildman–Crippen MR) is 158 cm³/mol. The van der Waals surface area contributed by atoms with Crippen molar-refractivity contribution in [2.24, 2.45) is 5.92 Å². The van der Waals surface area contributed by atoms with E-state index in [1.54, 1.807) is 48.5 Å². The summed E-state index contributed by atoms with van der Waals surface area (Å²) in [7, 11) is 0. The minimum absolute atomic E-state index is 0.166. The number of carbonyl (C=O) groups excluding carboxylic acids is 3. The van der Waals surface area contributed by atoms with Gasteiger partial charge in [-0.1, -0.05) is 46.8 Å². The van der Waals surface area contributed by atoms with Crippen molar-refractivity contribution >= 4 is 69.5 Å². The average molecular weight is 623 g/mol. The molecule has 14 heteroatoms. The average Bonchev–Trinajstić information content (AvgIpc) is 3.47. The Morgan fingerprint density at radius 3 is 2.50 bits per heavy atom. The number of halogens is 1. The second-order valence-corrected chi connectivity index (χ2v) is 12.1. The maximum Gasteiger partial charge on any atom is 0.305 e. The molecule has 2 N–H and O–H groups in total. The second kappa shape index (κ2) is 11.1. The molecule has 3 amide bonds. The van der Waals surface area contributed by atoms with Crippen LogP contribution in [-0.4, -0.2) is 39.5 Å². The summed E-state index contributed by atoms with van der Waals surface area (Å²) in [5.41, 5.74) is 1.25. The van der Waals surface area contributed by atoms with Crippen LogP contribution < -0.4 is 19.8 Å². The van der Waals surface area contributed by atoms with Gasteiger partial charge in [-0.05, 0) is 54.1 Å². The Morgan fingerprint density at radius 1 is 1.05 bits per heavy atom. The van der Waals surface area contributed by atoms with Gasteiger partial charge in [0, 0.05) is 33.6 Å². The summed E-state index contributed by atoms with van der Waals surface area (Å²) in [6.45, 7) is -0.285. The monoisotopic (exact) mass is 622 g/mol. The van der Waals surface area contributed by atoms with Crippen molar-refractivity contribution in [2.75, 3.05) is 16.8 Å². The number of aromatic nitrogens is 1. The van der Waals surface area contributed by atoms with Crippen LogP contribution >= 0.6 is 34.7 Å². The summed E-state index contributed by atoms with van der Waals surface area (Å²) in [6.07, 6.45) is 0. The number of imide groups is 1. The topological polar surface area (TPSA) is 152 Å². The number of nitrogens with zero attached hydrogens (tertiary/aromatic N) is 2. The molecule has 4 aromatic rings. The van der Waals surface area contributed by atoms with Crippen LogP contribution in [0, 0.1) is 16.0 Å². The highest BCUT2D eigenvalue weighted by molar-refractivity contribution is 8.00. The number of nitrogens with one attached hydrogen (secondary N) is 2. The predicted octanol–water partition coefficient (Wildman–Crippen LogP) is 4.81. The number of thioether (sulfide) groups is 1. The summed E-state index contributed by atoms with van der Waals surface area (Å²) < 4.78 is 5.74. The standard InChI is InChI=1S/C28H19ClN4O7S2/c29-15-4-6-16(7-5-15)30-20(34)13-40-19-3-1-2-14(12-19)21-22-24(41-25-23(21)42-28(37)31-25)27(36)32(26(22)35)17-8-10-18(11-9-17)33(38)39/h1-12,21-22,24H,13H2,(H,30,34)(H,31,37). The van der Waals surface area contributed by atoms with E-state index in [9.17, 15) is 29.3 Å². The number of carbonyl (C=O) groups is 3. The third-order valence-electron chi connectivity index (χ3n) is 6.86. The molecule has 3 heterocycles. The largest absolute Gasteiger partial charge is 0.484 e.